The molecule has 0 saturated heterocycles. The molecule has 0 aliphatic rings. The Morgan fingerprint density at radius 1 is 1.00 bits per heavy atom. The highest BCUT2D eigenvalue weighted by atomic mass is 35.5. The third-order valence-electron chi connectivity index (χ3n) is 4.20. The van der Waals surface area contributed by atoms with Gasteiger partial charge in [-0.3, -0.25) is 0 Å². The topological polar surface area (TPSA) is 70.1 Å². The highest BCUT2D eigenvalue weighted by Crippen LogP contribution is 2.37. The Hall–Kier alpha value is -1.90. The van der Waals surface area contributed by atoms with E-state index in [0.29, 0.717) is 10.0 Å². The van der Waals surface area contributed by atoms with Crippen molar-refractivity contribution < 1.29 is 13.0 Å². The van der Waals surface area contributed by atoms with E-state index in [4.69, 9.17) is 11.6 Å². The van der Waals surface area contributed by atoms with Crippen LogP contribution in [0.5, 0.6) is 0 Å². The summed E-state index contributed by atoms with van der Waals surface area (Å²) in [5, 5.41) is 2.90. The SMILES string of the molecule is C[S+]([O-])c1sc(-c2ccc3ccccc3c2)nc1S(=O)(=O)c1ccc(Cl)cc1. The minimum atomic E-state index is -3.91. The van der Waals surface area contributed by atoms with Crippen LogP contribution in [-0.4, -0.2) is 24.2 Å². The molecule has 1 heterocycles. The van der Waals surface area contributed by atoms with Gasteiger partial charge in [0.05, 0.1) is 4.90 Å². The first-order valence-corrected chi connectivity index (χ1v) is 12.4. The molecule has 28 heavy (non-hydrogen) atoms. The lowest BCUT2D eigenvalue weighted by Gasteiger charge is -2.05. The second kappa shape index (κ2) is 7.50. The number of fused-ring (bicyclic) bond motifs is 1. The molecule has 0 bridgehead atoms. The van der Waals surface area contributed by atoms with Gasteiger partial charge >= 0.3 is 0 Å². The first-order valence-electron chi connectivity index (χ1n) is 8.20. The van der Waals surface area contributed by atoms with Crippen molar-refractivity contribution in [1.82, 2.24) is 4.98 Å². The van der Waals surface area contributed by atoms with Gasteiger partial charge in [-0.1, -0.05) is 59.3 Å². The lowest BCUT2D eigenvalue weighted by molar-refractivity contribution is 0.584. The largest absolute Gasteiger partial charge is 0.611 e. The Labute approximate surface area is 174 Å². The number of benzene rings is 3. The summed E-state index contributed by atoms with van der Waals surface area (Å²) in [4.78, 5) is 4.45. The molecule has 0 N–H and O–H groups in total. The van der Waals surface area contributed by atoms with Crippen LogP contribution in [0.1, 0.15) is 0 Å². The Kier molecular flexibility index (Phi) is 5.20. The maximum atomic E-state index is 13.1. The molecule has 0 radical (unpaired) electrons. The first-order chi connectivity index (χ1) is 13.4. The van der Waals surface area contributed by atoms with Crippen LogP contribution >= 0.6 is 22.9 Å². The molecule has 1 atom stereocenters. The lowest BCUT2D eigenvalue weighted by Crippen LogP contribution is -2.08. The average molecular weight is 448 g/mol. The summed E-state index contributed by atoms with van der Waals surface area (Å²) < 4.78 is 38.7. The van der Waals surface area contributed by atoms with Gasteiger partial charge in [0.1, 0.15) is 11.3 Å². The van der Waals surface area contributed by atoms with Gasteiger partial charge in [0.15, 0.2) is 0 Å². The molecule has 0 fully saturated rings. The van der Waals surface area contributed by atoms with E-state index in [1.165, 1.54) is 30.5 Å². The van der Waals surface area contributed by atoms with E-state index in [1.54, 1.807) is 0 Å². The van der Waals surface area contributed by atoms with E-state index in [0.717, 1.165) is 27.7 Å². The summed E-state index contributed by atoms with van der Waals surface area (Å²) in [5.74, 6) is 0. The van der Waals surface area contributed by atoms with Crippen molar-refractivity contribution in [1.29, 1.82) is 0 Å². The number of halogens is 1. The Bertz CT molecular complexity index is 1270. The van der Waals surface area contributed by atoms with E-state index in [1.807, 2.05) is 42.5 Å². The molecule has 3 aromatic carbocycles. The van der Waals surface area contributed by atoms with Gasteiger partial charge in [0.25, 0.3) is 0 Å². The van der Waals surface area contributed by atoms with Crippen LogP contribution in [0, 0.1) is 0 Å². The molecule has 142 valence electrons. The smallest absolute Gasteiger partial charge is 0.246 e. The summed E-state index contributed by atoms with van der Waals surface area (Å²) in [6.07, 6.45) is 1.46. The number of sulfone groups is 1. The summed E-state index contributed by atoms with van der Waals surface area (Å²) in [5.41, 5.74) is 0.785. The van der Waals surface area contributed by atoms with E-state index >= 15 is 0 Å². The number of thiazole rings is 1. The van der Waals surface area contributed by atoms with E-state index in [9.17, 15) is 13.0 Å². The van der Waals surface area contributed by atoms with Gasteiger partial charge in [-0.25, -0.2) is 13.4 Å². The summed E-state index contributed by atoms with van der Waals surface area (Å²) >= 11 is 5.51. The number of hydrogen-bond donors (Lipinski definition) is 0. The highest BCUT2D eigenvalue weighted by Gasteiger charge is 2.31. The molecule has 0 amide bonds. The van der Waals surface area contributed by atoms with Crippen molar-refractivity contribution in [3.05, 3.63) is 71.8 Å². The van der Waals surface area contributed by atoms with E-state index < -0.39 is 21.0 Å². The van der Waals surface area contributed by atoms with Crippen molar-refractivity contribution in [3.63, 3.8) is 0 Å². The molecule has 4 aromatic rings. The predicted molar refractivity (Wildman–Crippen MR) is 114 cm³/mol. The Balaban J connectivity index is 1.86. The van der Waals surface area contributed by atoms with Crippen LogP contribution in [0.25, 0.3) is 21.3 Å². The molecular weight excluding hydrogens is 434 g/mol. The third-order valence-corrected chi connectivity index (χ3v) is 8.98. The summed E-state index contributed by atoms with van der Waals surface area (Å²) in [6.45, 7) is 0. The molecule has 1 unspecified atom stereocenters. The summed E-state index contributed by atoms with van der Waals surface area (Å²) in [7, 11) is -3.91. The van der Waals surface area contributed by atoms with Crippen molar-refractivity contribution in [3.8, 4) is 10.6 Å². The van der Waals surface area contributed by atoms with Gasteiger partial charge in [-0.05, 0) is 52.3 Å². The zero-order chi connectivity index (χ0) is 19.9. The average Bonchev–Trinajstić information content (AvgIpc) is 3.15. The van der Waals surface area contributed by atoms with Crippen molar-refractivity contribution >= 4 is 54.7 Å². The molecule has 1 aromatic heterocycles. The fourth-order valence-electron chi connectivity index (χ4n) is 2.81. The standard InChI is InChI=1S/C20H14ClNO3S3/c1-27(23)20-19(28(24,25)17-10-8-16(21)9-11-17)22-18(26-20)15-7-6-13-4-2-3-5-14(13)12-15/h2-12H,1H3. The van der Waals surface area contributed by atoms with Crippen LogP contribution in [0.4, 0.5) is 0 Å². The monoisotopic (exact) mass is 447 g/mol. The first kappa shape index (κ1) is 19.4. The van der Waals surface area contributed by atoms with Crippen LogP contribution in [0.2, 0.25) is 5.02 Å². The highest BCUT2D eigenvalue weighted by molar-refractivity contribution is 7.95. The minimum absolute atomic E-state index is 0.0685. The van der Waals surface area contributed by atoms with Gasteiger partial charge in [0.2, 0.25) is 19.1 Å². The molecule has 0 saturated carbocycles. The van der Waals surface area contributed by atoms with Crippen molar-refractivity contribution in [2.24, 2.45) is 0 Å². The lowest BCUT2D eigenvalue weighted by atomic mass is 10.1. The fourth-order valence-corrected chi connectivity index (χ4v) is 6.97. The predicted octanol–water partition coefficient (Wildman–Crippen LogP) is 5.19. The zero-order valence-corrected chi connectivity index (χ0v) is 17.8. The van der Waals surface area contributed by atoms with Crippen LogP contribution in [-0.2, 0) is 21.0 Å². The second-order valence-corrected chi connectivity index (χ2v) is 11.0. The number of aromatic nitrogens is 1. The van der Waals surface area contributed by atoms with E-state index in [2.05, 4.69) is 4.98 Å². The van der Waals surface area contributed by atoms with Crippen molar-refractivity contribution in [2.75, 3.05) is 6.26 Å². The zero-order valence-electron chi connectivity index (χ0n) is 14.6. The molecule has 8 heteroatoms. The third kappa shape index (κ3) is 3.56. The Morgan fingerprint density at radius 3 is 2.36 bits per heavy atom. The summed E-state index contributed by atoms with van der Waals surface area (Å²) in [6, 6.07) is 19.6. The maximum Gasteiger partial charge on any atom is 0.246 e. The molecule has 4 rings (SSSR count). The minimum Gasteiger partial charge on any atom is -0.611 e. The second-order valence-electron chi connectivity index (χ2n) is 6.09. The van der Waals surface area contributed by atoms with Crippen LogP contribution in [0.3, 0.4) is 0 Å². The maximum absolute atomic E-state index is 13.1. The van der Waals surface area contributed by atoms with Crippen molar-refractivity contribution in [2.45, 2.75) is 14.1 Å². The number of hydrogen-bond acceptors (Lipinski definition) is 5. The van der Waals surface area contributed by atoms with Crippen LogP contribution < -0.4 is 0 Å². The molecule has 0 aliphatic carbocycles. The fraction of sp³-hybridized carbons (Fsp3) is 0.0500. The molecule has 4 nitrogen and oxygen atoms in total. The van der Waals surface area contributed by atoms with Gasteiger partial charge in [-0.15, -0.1) is 0 Å². The quantitative estimate of drug-likeness (QED) is 0.404. The number of nitrogens with zero attached hydrogens (tertiary/aromatic N) is 1. The van der Waals surface area contributed by atoms with E-state index in [-0.39, 0.29) is 14.1 Å². The molecular formula is C20H14ClNO3S3. The normalized spacial score (nSPS) is 13.0. The number of rotatable bonds is 4. The molecule has 0 spiro atoms. The van der Waals surface area contributed by atoms with Gasteiger partial charge in [0, 0.05) is 10.6 Å². The van der Waals surface area contributed by atoms with Crippen LogP contribution in [0.15, 0.2) is 80.9 Å². The molecule has 0 aliphatic heterocycles. The van der Waals surface area contributed by atoms with Gasteiger partial charge in [-0.2, -0.15) is 0 Å². The van der Waals surface area contributed by atoms with Gasteiger partial charge < -0.3 is 4.55 Å². The Morgan fingerprint density at radius 2 is 1.68 bits per heavy atom.